The van der Waals surface area contributed by atoms with Gasteiger partial charge in [0.05, 0.1) is 6.54 Å². The van der Waals surface area contributed by atoms with Gasteiger partial charge in [-0.15, -0.1) is 10.2 Å². The quantitative estimate of drug-likeness (QED) is 0.784. The summed E-state index contributed by atoms with van der Waals surface area (Å²) >= 11 is 0. The van der Waals surface area contributed by atoms with Gasteiger partial charge in [0, 0.05) is 27.7 Å². The average Bonchev–Trinajstić information content (AvgIpc) is 2.85. The van der Waals surface area contributed by atoms with Gasteiger partial charge in [-0.2, -0.15) is 17.0 Å². The van der Waals surface area contributed by atoms with E-state index in [4.69, 9.17) is 0 Å². The smallest absolute Gasteiger partial charge is 0.282 e. The molecule has 0 N–H and O–H groups in total. The minimum absolute atomic E-state index is 0.179. The van der Waals surface area contributed by atoms with E-state index >= 15 is 0 Å². The summed E-state index contributed by atoms with van der Waals surface area (Å²) in [4.78, 5) is 0. The van der Waals surface area contributed by atoms with Crippen LogP contribution in [0.15, 0.2) is 36.7 Å². The summed E-state index contributed by atoms with van der Waals surface area (Å²) < 4.78 is 29.2. The minimum Gasteiger partial charge on any atom is -0.320 e. The van der Waals surface area contributed by atoms with Crippen molar-refractivity contribution in [1.82, 2.24) is 23.4 Å². The van der Waals surface area contributed by atoms with Gasteiger partial charge in [-0.05, 0) is 5.56 Å². The van der Waals surface area contributed by atoms with E-state index in [2.05, 4.69) is 10.2 Å². The Labute approximate surface area is 125 Å². The molecule has 21 heavy (non-hydrogen) atoms. The van der Waals surface area contributed by atoms with E-state index in [0.29, 0.717) is 12.4 Å². The zero-order valence-corrected chi connectivity index (χ0v) is 13.2. The van der Waals surface area contributed by atoms with Crippen LogP contribution in [0.4, 0.5) is 0 Å². The summed E-state index contributed by atoms with van der Waals surface area (Å²) in [6.45, 7) is 0.504. The number of aromatic nitrogens is 3. The van der Waals surface area contributed by atoms with Crippen LogP contribution in [0, 0.1) is 0 Å². The van der Waals surface area contributed by atoms with Crippen LogP contribution in [0.3, 0.4) is 0 Å². The van der Waals surface area contributed by atoms with Crippen molar-refractivity contribution in [3.8, 4) is 0 Å². The lowest BCUT2D eigenvalue weighted by atomic mass is 10.2. The molecule has 2 aromatic rings. The lowest BCUT2D eigenvalue weighted by Crippen LogP contribution is -2.39. The molecule has 0 amide bonds. The fourth-order valence-corrected chi connectivity index (χ4v) is 2.96. The molecule has 0 spiro atoms. The van der Waals surface area contributed by atoms with Crippen molar-refractivity contribution in [2.45, 2.75) is 13.1 Å². The summed E-state index contributed by atoms with van der Waals surface area (Å²) in [5.41, 5.74) is 0.940. The zero-order valence-electron chi connectivity index (χ0n) is 12.3. The topological polar surface area (TPSA) is 71.3 Å². The molecule has 0 bridgehead atoms. The second-order valence-electron chi connectivity index (χ2n) is 4.86. The standard InChI is InChI=1S/C13H19N5O2S/c1-16-11-14-15-13(16)10-18(3)21(19,20)17(2)9-12-7-5-4-6-8-12/h4-8,11H,9-10H2,1-3H3. The predicted octanol–water partition coefficient (Wildman–Crippen LogP) is 0.624. The van der Waals surface area contributed by atoms with Crippen LogP contribution < -0.4 is 0 Å². The molecule has 1 aromatic heterocycles. The predicted molar refractivity (Wildman–Crippen MR) is 79.3 cm³/mol. The highest BCUT2D eigenvalue weighted by Crippen LogP contribution is 2.12. The summed E-state index contributed by atoms with van der Waals surface area (Å²) in [5, 5.41) is 7.65. The Morgan fingerprint density at radius 2 is 1.71 bits per heavy atom. The lowest BCUT2D eigenvalue weighted by Gasteiger charge is -2.24. The normalized spacial score (nSPS) is 12.2. The van der Waals surface area contributed by atoms with Gasteiger partial charge in [0.2, 0.25) is 0 Å². The van der Waals surface area contributed by atoms with Gasteiger partial charge in [-0.1, -0.05) is 30.3 Å². The Kier molecular flexibility index (Phi) is 4.71. The molecule has 114 valence electrons. The second-order valence-corrected chi connectivity index (χ2v) is 7.01. The van der Waals surface area contributed by atoms with Gasteiger partial charge in [-0.25, -0.2) is 0 Å². The van der Waals surface area contributed by atoms with E-state index < -0.39 is 10.2 Å². The molecule has 7 nitrogen and oxygen atoms in total. The Morgan fingerprint density at radius 3 is 2.29 bits per heavy atom. The number of aryl methyl sites for hydroxylation is 1. The monoisotopic (exact) mass is 309 g/mol. The lowest BCUT2D eigenvalue weighted by molar-refractivity contribution is 0.379. The minimum atomic E-state index is -3.54. The van der Waals surface area contributed by atoms with E-state index in [1.807, 2.05) is 30.3 Å². The molecule has 1 heterocycles. The number of rotatable bonds is 6. The van der Waals surface area contributed by atoms with Crippen molar-refractivity contribution in [3.05, 3.63) is 48.0 Å². The van der Waals surface area contributed by atoms with Gasteiger partial charge in [0.25, 0.3) is 10.2 Å². The highest BCUT2D eigenvalue weighted by Gasteiger charge is 2.25. The molecule has 0 radical (unpaired) electrons. The molecule has 0 aliphatic heterocycles. The van der Waals surface area contributed by atoms with Gasteiger partial charge in [-0.3, -0.25) is 0 Å². The van der Waals surface area contributed by atoms with Crippen molar-refractivity contribution in [1.29, 1.82) is 0 Å². The number of benzene rings is 1. The van der Waals surface area contributed by atoms with Crippen molar-refractivity contribution in [2.75, 3.05) is 14.1 Å². The third-order valence-corrected chi connectivity index (χ3v) is 5.04. The maximum absolute atomic E-state index is 12.5. The van der Waals surface area contributed by atoms with Crippen molar-refractivity contribution in [2.24, 2.45) is 7.05 Å². The summed E-state index contributed by atoms with van der Waals surface area (Å²) in [6.07, 6.45) is 1.55. The van der Waals surface area contributed by atoms with Crippen LogP contribution in [0.5, 0.6) is 0 Å². The van der Waals surface area contributed by atoms with Crippen LogP contribution in [0.25, 0.3) is 0 Å². The summed E-state index contributed by atoms with van der Waals surface area (Å²) in [7, 11) is 1.33. The van der Waals surface area contributed by atoms with Gasteiger partial charge < -0.3 is 4.57 Å². The van der Waals surface area contributed by atoms with Crippen LogP contribution in [-0.2, 0) is 30.3 Å². The van der Waals surface area contributed by atoms with E-state index in [1.54, 1.807) is 25.0 Å². The molecule has 0 atom stereocenters. The first-order valence-corrected chi connectivity index (χ1v) is 7.85. The summed E-state index contributed by atoms with van der Waals surface area (Å²) in [6, 6.07) is 9.47. The van der Waals surface area contributed by atoms with Crippen molar-refractivity contribution >= 4 is 10.2 Å². The maximum Gasteiger partial charge on any atom is 0.282 e. The third-order valence-electron chi connectivity index (χ3n) is 3.21. The van der Waals surface area contributed by atoms with Crippen LogP contribution >= 0.6 is 0 Å². The van der Waals surface area contributed by atoms with Crippen molar-refractivity contribution in [3.63, 3.8) is 0 Å². The van der Waals surface area contributed by atoms with Crippen LogP contribution in [0.1, 0.15) is 11.4 Å². The SMILES string of the molecule is CN(Cc1ccccc1)S(=O)(=O)N(C)Cc1nncn1C. The number of hydrogen-bond donors (Lipinski definition) is 0. The average molecular weight is 309 g/mol. The second kappa shape index (κ2) is 6.33. The molecule has 0 unspecified atom stereocenters. The zero-order chi connectivity index (χ0) is 15.5. The Bertz CT molecular complexity index is 684. The molecule has 0 saturated heterocycles. The maximum atomic E-state index is 12.5. The number of hydrogen-bond acceptors (Lipinski definition) is 4. The third kappa shape index (κ3) is 3.66. The first kappa shape index (κ1) is 15.6. The van der Waals surface area contributed by atoms with E-state index in [-0.39, 0.29) is 6.54 Å². The molecule has 1 aromatic carbocycles. The molecule has 0 fully saturated rings. The largest absolute Gasteiger partial charge is 0.320 e. The molecule has 0 aliphatic carbocycles. The first-order valence-electron chi connectivity index (χ1n) is 6.45. The van der Waals surface area contributed by atoms with Gasteiger partial charge >= 0.3 is 0 Å². The fraction of sp³-hybridized carbons (Fsp3) is 0.385. The molecular formula is C13H19N5O2S. The summed E-state index contributed by atoms with van der Waals surface area (Å²) in [5.74, 6) is 0.592. The van der Waals surface area contributed by atoms with Crippen molar-refractivity contribution < 1.29 is 8.42 Å². The molecular weight excluding hydrogens is 290 g/mol. The molecule has 0 aliphatic rings. The first-order chi connectivity index (χ1) is 9.91. The molecule has 8 heteroatoms. The van der Waals surface area contributed by atoms with Crippen LogP contribution in [0.2, 0.25) is 0 Å². The fourth-order valence-electron chi connectivity index (χ4n) is 1.89. The Hall–Kier alpha value is -1.77. The molecule has 2 rings (SSSR count). The molecule has 0 saturated carbocycles. The Balaban J connectivity index is 2.08. The highest BCUT2D eigenvalue weighted by molar-refractivity contribution is 7.86. The van der Waals surface area contributed by atoms with Gasteiger partial charge in [0.1, 0.15) is 12.2 Å². The number of nitrogens with zero attached hydrogens (tertiary/aromatic N) is 5. The van der Waals surface area contributed by atoms with Crippen LogP contribution in [-0.4, -0.2) is 45.9 Å². The van der Waals surface area contributed by atoms with E-state index in [9.17, 15) is 8.42 Å². The Morgan fingerprint density at radius 1 is 1.10 bits per heavy atom. The highest BCUT2D eigenvalue weighted by atomic mass is 32.2. The van der Waals surface area contributed by atoms with E-state index in [0.717, 1.165) is 5.56 Å². The van der Waals surface area contributed by atoms with Gasteiger partial charge in [0.15, 0.2) is 0 Å². The van der Waals surface area contributed by atoms with E-state index in [1.165, 1.54) is 15.7 Å².